The zero-order valence-electron chi connectivity index (χ0n) is 10.3. The Morgan fingerprint density at radius 1 is 1.24 bits per heavy atom. The Bertz CT molecular complexity index is 426. The summed E-state index contributed by atoms with van der Waals surface area (Å²) < 4.78 is 0. The number of carboxylic acids is 1. The van der Waals surface area contributed by atoms with Crippen LogP contribution in [0.3, 0.4) is 0 Å². The first-order valence-corrected chi connectivity index (χ1v) is 5.44. The van der Waals surface area contributed by atoms with Gasteiger partial charge in [0.05, 0.1) is 5.56 Å². The van der Waals surface area contributed by atoms with Gasteiger partial charge in [0.25, 0.3) is 0 Å². The molecule has 1 rings (SSSR count). The van der Waals surface area contributed by atoms with Gasteiger partial charge in [-0.05, 0) is 20.2 Å². The molecule has 17 heavy (non-hydrogen) atoms. The van der Waals surface area contributed by atoms with Gasteiger partial charge in [-0.2, -0.15) is 0 Å². The fourth-order valence-corrected chi connectivity index (χ4v) is 1.78. The first kappa shape index (κ1) is 13.4. The molecule has 0 aromatic heterocycles. The highest BCUT2D eigenvalue weighted by Crippen LogP contribution is 2.14. The van der Waals surface area contributed by atoms with Gasteiger partial charge >= 0.3 is 5.97 Å². The van der Waals surface area contributed by atoms with Crippen LogP contribution >= 0.6 is 0 Å². The van der Waals surface area contributed by atoms with E-state index < -0.39 is 5.97 Å². The van der Waals surface area contributed by atoms with Crippen LogP contribution in [0.5, 0.6) is 0 Å². The van der Waals surface area contributed by atoms with Crippen molar-refractivity contribution >= 4 is 11.8 Å². The summed E-state index contributed by atoms with van der Waals surface area (Å²) in [7, 11) is 3.76. The molecule has 0 aliphatic rings. The van der Waals surface area contributed by atoms with E-state index in [1.54, 1.807) is 25.1 Å². The topological polar surface area (TPSA) is 57.6 Å². The summed E-state index contributed by atoms with van der Waals surface area (Å²) in [6, 6.07) is 6.33. The molecule has 0 aliphatic carbocycles. The predicted molar refractivity (Wildman–Crippen MR) is 65.4 cm³/mol. The molecule has 4 heteroatoms. The number of hydrogen-bond acceptors (Lipinski definition) is 3. The second-order valence-electron chi connectivity index (χ2n) is 4.38. The third-order valence-electron chi connectivity index (χ3n) is 2.51. The molecule has 0 saturated carbocycles. The van der Waals surface area contributed by atoms with Crippen molar-refractivity contribution in [3.63, 3.8) is 0 Å². The van der Waals surface area contributed by atoms with E-state index in [0.29, 0.717) is 6.54 Å². The average molecular weight is 235 g/mol. The third-order valence-corrected chi connectivity index (χ3v) is 2.51. The number of Topliss-reactive ketones (excluding diaryl/α,β-unsaturated/α-hetero) is 1. The molecule has 0 saturated heterocycles. The summed E-state index contributed by atoms with van der Waals surface area (Å²) in [5.74, 6) is -1.41. The lowest BCUT2D eigenvalue weighted by molar-refractivity contribution is 0.0690. The molecule has 92 valence electrons. The van der Waals surface area contributed by atoms with Gasteiger partial charge in [-0.3, -0.25) is 4.79 Å². The highest BCUT2D eigenvalue weighted by Gasteiger charge is 2.21. The fourth-order valence-electron chi connectivity index (χ4n) is 1.78. The Morgan fingerprint density at radius 3 is 2.24 bits per heavy atom. The normalized spacial score (nSPS) is 12.5. The number of benzene rings is 1. The Kier molecular flexibility index (Phi) is 4.40. The molecule has 0 aliphatic heterocycles. The summed E-state index contributed by atoms with van der Waals surface area (Å²) in [6.07, 6.45) is 0. The summed E-state index contributed by atoms with van der Waals surface area (Å²) >= 11 is 0. The maximum atomic E-state index is 12.1. The van der Waals surface area contributed by atoms with Crippen LogP contribution in [0.2, 0.25) is 0 Å². The van der Waals surface area contributed by atoms with Gasteiger partial charge in [-0.25, -0.2) is 4.79 Å². The molecule has 0 bridgehead atoms. The van der Waals surface area contributed by atoms with Crippen LogP contribution < -0.4 is 0 Å². The Balaban J connectivity index is 3.00. The molecule has 1 atom stereocenters. The lowest BCUT2D eigenvalue weighted by Gasteiger charge is -2.16. The molecule has 0 heterocycles. The van der Waals surface area contributed by atoms with Crippen molar-refractivity contribution in [1.82, 2.24) is 4.90 Å². The van der Waals surface area contributed by atoms with Gasteiger partial charge in [0.1, 0.15) is 0 Å². The largest absolute Gasteiger partial charge is 0.478 e. The Morgan fingerprint density at radius 2 is 1.76 bits per heavy atom. The third kappa shape index (κ3) is 3.39. The SMILES string of the molecule is C[C@@H](CN(C)C)C(=O)c1ccccc1C(=O)O. The highest BCUT2D eigenvalue weighted by atomic mass is 16.4. The van der Waals surface area contributed by atoms with Crippen LogP contribution in [-0.2, 0) is 0 Å². The van der Waals surface area contributed by atoms with Gasteiger partial charge in [-0.15, -0.1) is 0 Å². The van der Waals surface area contributed by atoms with Crippen molar-refractivity contribution in [3.05, 3.63) is 35.4 Å². The van der Waals surface area contributed by atoms with E-state index in [9.17, 15) is 9.59 Å². The molecule has 0 amide bonds. The van der Waals surface area contributed by atoms with E-state index in [0.717, 1.165) is 0 Å². The van der Waals surface area contributed by atoms with Crippen LogP contribution in [0.25, 0.3) is 0 Å². The monoisotopic (exact) mass is 235 g/mol. The maximum absolute atomic E-state index is 12.1. The highest BCUT2D eigenvalue weighted by molar-refractivity contribution is 6.06. The van der Waals surface area contributed by atoms with Gasteiger partial charge in [0, 0.05) is 18.0 Å². The second kappa shape index (κ2) is 5.59. The van der Waals surface area contributed by atoms with E-state index in [1.165, 1.54) is 6.07 Å². The van der Waals surface area contributed by atoms with Crippen LogP contribution in [0.1, 0.15) is 27.6 Å². The lowest BCUT2D eigenvalue weighted by Crippen LogP contribution is -2.26. The molecule has 0 radical (unpaired) electrons. The maximum Gasteiger partial charge on any atom is 0.336 e. The number of nitrogens with zero attached hydrogens (tertiary/aromatic N) is 1. The summed E-state index contributed by atoms with van der Waals surface area (Å²) in [4.78, 5) is 25.0. The Labute approximate surface area is 101 Å². The number of carbonyl (C=O) groups is 2. The Hall–Kier alpha value is -1.68. The molecule has 1 aromatic carbocycles. The van der Waals surface area contributed by atoms with E-state index in [2.05, 4.69) is 0 Å². The zero-order valence-corrected chi connectivity index (χ0v) is 10.3. The number of carboxylic acid groups (broad SMARTS) is 1. The van der Waals surface area contributed by atoms with Gasteiger partial charge < -0.3 is 10.0 Å². The minimum atomic E-state index is -1.06. The zero-order chi connectivity index (χ0) is 13.0. The van der Waals surface area contributed by atoms with Gasteiger partial charge in [0.15, 0.2) is 5.78 Å². The predicted octanol–water partition coefficient (Wildman–Crippen LogP) is 1.77. The summed E-state index contributed by atoms with van der Waals surface area (Å²) in [5, 5.41) is 9.02. The second-order valence-corrected chi connectivity index (χ2v) is 4.38. The lowest BCUT2D eigenvalue weighted by atomic mass is 9.95. The van der Waals surface area contributed by atoms with E-state index >= 15 is 0 Å². The summed E-state index contributed by atoms with van der Waals surface area (Å²) in [5.41, 5.74) is 0.359. The average Bonchev–Trinajstić information content (AvgIpc) is 2.27. The molecule has 1 aromatic rings. The molecule has 1 N–H and O–H groups in total. The van der Waals surface area contributed by atoms with Crippen molar-refractivity contribution in [3.8, 4) is 0 Å². The fraction of sp³-hybridized carbons (Fsp3) is 0.385. The van der Waals surface area contributed by atoms with E-state index in [-0.39, 0.29) is 22.8 Å². The van der Waals surface area contributed by atoms with Crippen molar-refractivity contribution in [2.45, 2.75) is 6.92 Å². The molecular weight excluding hydrogens is 218 g/mol. The molecule has 0 fully saturated rings. The number of ketones is 1. The van der Waals surface area contributed by atoms with Crippen molar-refractivity contribution in [2.75, 3.05) is 20.6 Å². The molecule has 0 unspecified atom stereocenters. The minimum absolute atomic E-state index is 0.0723. The first-order valence-electron chi connectivity index (χ1n) is 5.44. The minimum Gasteiger partial charge on any atom is -0.478 e. The van der Waals surface area contributed by atoms with E-state index in [4.69, 9.17) is 5.11 Å². The van der Waals surface area contributed by atoms with E-state index in [1.807, 2.05) is 19.0 Å². The van der Waals surface area contributed by atoms with Gasteiger partial charge in [-0.1, -0.05) is 25.1 Å². The van der Waals surface area contributed by atoms with Crippen LogP contribution in [0.4, 0.5) is 0 Å². The van der Waals surface area contributed by atoms with Crippen molar-refractivity contribution in [2.24, 2.45) is 5.92 Å². The number of aromatic carboxylic acids is 1. The number of hydrogen-bond donors (Lipinski definition) is 1. The molecular formula is C13H17NO3. The standard InChI is InChI=1S/C13H17NO3/c1-9(8-14(2)3)12(15)10-6-4-5-7-11(10)13(16)17/h4-7,9H,8H2,1-3H3,(H,16,17)/t9-/m0/s1. The summed E-state index contributed by atoms with van der Waals surface area (Å²) in [6.45, 7) is 2.41. The smallest absolute Gasteiger partial charge is 0.336 e. The van der Waals surface area contributed by atoms with Crippen molar-refractivity contribution in [1.29, 1.82) is 0 Å². The van der Waals surface area contributed by atoms with Crippen LogP contribution in [0.15, 0.2) is 24.3 Å². The quantitative estimate of drug-likeness (QED) is 0.790. The van der Waals surface area contributed by atoms with Crippen LogP contribution in [-0.4, -0.2) is 42.4 Å². The number of rotatable bonds is 5. The molecule has 4 nitrogen and oxygen atoms in total. The first-order chi connectivity index (χ1) is 7.93. The van der Waals surface area contributed by atoms with Gasteiger partial charge in [0.2, 0.25) is 0 Å². The molecule has 0 spiro atoms. The van der Waals surface area contributed by atoms with Crippen molar-refractivity contribution < 1.29 is 14.7 Å². The van der Waals surface area contributed by atoms with Crippen LogP contribution in [0, 0.1) is 5.92 Å². The number of carbonyl (C=O) groups excluding carboxylic acids is 1.